The number of nitrogens with one attached hydrogen (secondary N) is 4. The van der Waals surface area contributed by atoms with E-state index in [0.717, 1.165) is 29.5 Å². The van der Waals surface area contributed by atoms with Crippen molar-refractivity contribution in [1.82, 2.24) is 26.3 Å². The van der Waals surface area contributed by atoms with Gasteiger partial charge in [-0.15, -0.1) is 0 Å². The Labute approximate surface area is 314 Å². The Kier molecular flexibility index (Phi) is 15.5. The number of benzene rings is 2. The molecule has 53 heavy (non-hydrogen) atoms. The van der Waals surface area contributed by atoms with Crippen LogP contribution in [0.5, 0.6) is 0 Å². The first-order valence-electron chi connectivity index (χ1n) is 17.3. The number of aliphatic hydroxyl groups excluding tert-OH is 1. The van der Waals surface area contributed by atoms with Gasteiger partial charge in [-0.3, -0.25) is 18.8 Å². The first-order valence-corrected chi connectivity index (χ1v) is 18.9. The van der Waals surface area contributed by atoms with Crippen molar-refractivity contribution in [2.75, 3.05) is 20.5 Å². The zero-order valence-electron chi connectivity index (χ0n) is 31.7. The highest BCUT2D eigenvalue weighted by atomic mass is 32.2. The van der Waals surface area contributed by atoms with Crippen molar-refractivity contribution >= 4 is 34.8 Å². The van der Waals surface area contributed by atoms with Gasteiger partial charge in [0.2, 0.25) is 11.8 Å². The summed E-state index contributed by atoms with van der Waals surface area (Å²) in [5, 5.41) is 23.0. The fourth-order valence-corrected chi connectivity index (χ4v) is 6.23. The standard InChI is InChI=1S/C39H53N5O8S/c1-38(2,3)32(43-36(48)51-6)34(46)41-28(22-26-17-19-27(20-18-26)29-16-12-13-21-40-29)24-31(45)30(23-25-14-10-9-11-15-25)42-35(47)33(44-37(49)52-7)39(4,5)53(8)50/h9-21,28,30-33,45H,22-24H2,1-8H3,(H,41,46)(H,42,47)(H,43,48)(H,44,49)/t28-,30-,31-,32+,33+,53-/m0/s1. The van der Waals surface area contributed by atoms with Crippen LogP contribution in [0.25, 0.3) is 11.3 Å². The first-order chi connectivity index (χ1) is 25.0. The lowest BCUT2D eigenvalue weighted by Crippen LogP contribution is -2.62. The Bertz CT molecular complexity index is 1680. The lowest BCUT2D eigenvalue weighted by molar-refractivity contribution is -0.127. The van der Waals surface area contributed by atoms with E-state index in [2.05, 4.69) is 26.3 Å². The van der Waals surface area contributed by atoms with Crippen molar-refractivity contribution in [2.45, 2.75) is 88.9 Å². The van der Waals surface area contributed by atoms with Gasteiger partial charge in [-0.25, -0.2) is 9.59 Å². The molecule has 0 fully saturated rings. The summed E-state index contributed by atoms with van der Waals surface area (Å²) >= 11 is 0. The summed E-state index contributed by atoms with van der Waals surface area (Å²) in [6, 6.07) is 18.7. The third kappa shape index (κ3) is 12.7. The molecule has 1 aromatic heterocycles. The molecular formula is C39H53N5O8S. The molecule has 5 N–H and O–H groups in total. The van der Waals surface area contributed by atoms with Crippen molar-refractivity contribution < 1.29 is 38.0 Å². The molecule has 0 spiro atoms. The van der Waals surface area contributed by atoms with E-state index in [1.165, 1.54) is 13.4 Å². The number of nitrogens with zero attached hydrogens (tertiary/aromatic N) is 1. The Balaban J connectivity index is 1.99. The summed E-state index contributed by atoms with van der Waals surface area (Å²) in [7, 11) is 0.813. The largest absolute Gasteiger partial charge is 0.453 e. The van der Waals surface area contributed by atoms with Crippen LogP contribution >= 0.6 is 0 Å². The lowest BCUT2D eigenvalue weighted by atomic mass is 9.85. The molecule has 0 aliphatic carbocycles. The van der Waals surface area contributed by atoms with Gasteiger partial charge in [0.15, 0.2) is 0 Å². The molecule has 0 saturated carbocycles. The maximum atomic E-state index is 13.9. The van der Waals surface area contributed by atoms with Gasteiger partial charge < -0.3 is 35.8 Å². The van der Waals surface area contributed by atoms with Crippen LogP contribution in [0.2, 0.25) is 0 Å². The number of pyridine rings is 1. The van der Waals surface area contributed by atoms with Crippen LogP contribution in [0.1, 0.15) is 52.2 Å². The molecule has 6 atom stereocenters. The number of hydrogen-bond donors (Lipinski definition) is 5. The zero-order chi connectivity index (χ0) is 39.3. The third-order valence-electron chi connectivity index (χ3n) is 9.08. The maximum absolute atomic E-state index is 13.9. The summed E-state index contributed by atoms with van der Waals surface area (Å²) in [5.41, 5.74) is 2.67. The van der Waals surface area contributed by atoms with Crippen molar-refractivity contribution in [3.8, 4) is 11.3 Å². The van der Waals surface area contributed by atoms with E-state index >= 15 is 0 Å². The minimum absolute atomic E-state index is 0.0151. The van der Waals surface area contributed by atoms with Gasteiger partial charge in [-0.05, 0) is 61.8 Å². The second-order valence-electron chi connectivity index (χ2n) is 14.5. The highest BCUT2D eigenvalue weighted by Gasteiger charge is 2.42. The average molecular weight is 752 g/mol. The third-order valence-corrected chi connectivity index (χ3v) is 10.8. The number of carbonyl (C=O) groups is 4. The van der Waals surface area contributed by atoms with Crippen molar-refractivity contribution in [3.63, 3.8) is 0 Å². The molecule has 0 bridgehead atoms. The van der Waals surface area contributed by atoms with Gasteiger partial charge in [-0.2, -0.15) is 0 Å². The van der Waals surface area contributed by atoms with E-state index in [1.807, 2.05) is 93.6 Å². The van der Waals surface area contributed by atoms with E-state index < -0.39 is 75.2 Å². The van der Waals surface area contributed by atoms with Gasteiger partial charge in [0.1, 0.15) is 12.1 Å². The number of aliphatic hydroxyl groups is 1. The van der Waals surface area contributed by atoms with Crippen LogP contribution in [0, 0.1) is 5.41 Å². The Morgan fingerprint density at radius 1 is 0.736 bits per heavy atom. The summed E-state index contributed by atoms with van der Waals surface area (Å²) < 4.78 is 21.1. The normalized spacial score (nSPS) is 15.0. The number of alkyl carbamates (subject to hydrolysis) is 2. The first kappa shape index (κ1) is 42.6. The van der Waals surface area contributed by atoms with Crippen molar-refractivity contribution in [1.29, 1.82) is 0 Å². The highest BCUT2D eigenvalue weighted by Crippen LogP contribution is 2.23. The Morgan fingerprint density at radius 2 is 1.28 bits per heavy atom. The van der Waals surface area contributed by atoms with Gasteiger partial charge in [0.05, 0.1) is 36.8 Å². The summed E-state index contributed by atoms with van der Waals surface area (Å²) in [5.74, 6) is -1.15. The molecule has 0 radical (unpaired) electrons. The summed E-state index contributed by atoms with van der Waals surface area (Å²) in [6.45, 7) is 8.60. The van der Waals surface area contributed by atoms with E-state index in [-0.39, 0.29) is 12.8 Å². The molecule has 0 saturated heterocycles. The molecule has 4 amide bonds. The van der Waals surface area contributed by atoms with Gasteiger partial charge >= 0.3 is 12.2 Å². The van der Waals surface area contributed by atoms with Gasteiger partial charge in [0, 0.05) is 34.9 Å². The highest BCUT2D eigenvalue weighted by molar-refractivity contribution is 7.85. The number of rotatable bonds is 16. The smallest absolute Gasteiger partial charge is 0.407 e. The summed E-state index contributed by atoms with van der Waals surface area (Å²) in [6.07, 6.45) is 0.750. The topological polar surface area (TPSA) is 185 Å². The fraction of sp³-hybridized carbons (Fsp3) is 0.462. The lowest BCUT2D eigenvalue weighted by Gasteiger charge is -2.35. The molecule has 288 valence electrons. The number of methoxy groups -OCH3 is 2. The van der Waals surface area contributed by atoms with Crippen LogP contribution in [-0.2, 0) is 42.7 Å². The number of aromatic nitrogens is 1. The minimum atomic E-state index is -1.56. The SMILES string of the molecule is COC(=O)N[C@H](C(=O)N[C@@H](Cc1ccc(-c2ccccn2)cc1)C[C@H](O)[C@H](Cc1ccccc1)NC(=O)[C@@H](NC(=O)OC)C(C)(C)[S@](C)=O)C(C)(C)C. The minimum Gasteiger partial charge on any atom is -0.453 e. The average Bonchev–Trinajstić information content (AvgIpc) is 3.12. The molecule has 0 aliphatic rings. The monoisotopic (exact) mass is 751 g/mol. The quantitative estimate of drug-likeness (QED) is 0.145. The zero-order valence-corrected chi connectivity index (χ0v) is 32.5. The second-order valence-corrected chi connectivity index (χ2v) is 16.5. The van der Waals surface area contributed by atoms with Crippen LogP contribution in [0.4, 0.5) is 9.59 Å². The number of ether oxygens (including phenoxy) is 2. The van der Waals surface area contributed by atoms with E-state index in [1.54, 1.807) is 20.0 Å². The van der Waals surface area contributed by atoms with Gasteiger partial charge in [-0.1, -0.05) is 81.4 Å². The molecular weight excluding hydrogens is 699 g/mol. The molecule has 14 heteroatoms. The fourth-order valence-electron chi connectivity index (χ4n) is 5.73. The number of hydrogen-bond acceptors (Lipinski definition) is 9. The predicted molar refractivity (Wildman–Crippen MR) is 204 cm³/mol. The molecule has 3 rings (SSSR count). The maximum Gasteiger partial charge on any atom is 0.407 e. The molecule has 1 heterocycles. The number of amides is 4. The predicted octanol–water partition coefficient (Wildman–Crippen LogP) is 3.91. The van der Waals surface area contributed by atoms with E-state index in [4.69, 9.17) is 9.47 Å². The number of carbonyl (C=O) groups excluding carboxylic acids is 4. The van der Waals surface area contributed by atoms with Crippen LogP contribution in [0.3, 0.4) is 0 Å². The molecule has 0 unspecified atom stereocenters. The van der Waals surface area contributed by atoms with Crippen LogP contribution in [-0.4, -0.2) is 93.8 Å². The second kappa shape index (κ2) is 19.3. The van der Waals surface area contributed by atoms with Crippen LogP contribution in [0.15, 0.2) is 79.0 Å². The Hall–Kier alpha value is -4.82. The molecule has 0 aliphatic heterocycles. The van der Waals surface area contributed by atoms with E-state index in [0.29, 0.717) is 6.42 Å². The van der Waals surface area contributed by atoms with Gasteiger partial charge in [0.25, 0.3) is 0 Å². The van der Waals surface area contributed by atoms with E-state index in [9.17, 15) is 28.5 Å². The van der Waals surface area contributed by atoms with Crippen molar-refractivity contribution in [3.05, 3.63) is 90.1 Å². The summed E-state index contributed by atoms with van der Waals surface area (Å²) in [4.78, 5) is 56.8. The van der Waals surface area contributed by atoms with Crippen LogP contribution < -0.4 is 21.3 Å². The molecule has 2 aromatic carbocycles. The molecule has 13 nitrogen and oxygen atoms in total. The molecule has 3 aromatic rings. The Morgan fingerprint density at radius 3 is 1.81 bits per heavy atom. The van der Waals surface area contributed by atoms with Crippen molar-refractivity contribution in [2.24, 2.45) is 5.41 Å².